The van der Waals surface area contributed by atoms with Gasteiger partial charge in [-0.2, -0.15) is 18.4 Å². The SMILES string of the molecule is N#Cc1ncc(NC(=O)C2CCC2)cc1C(F)(F)F. The van der Waals surface area contributed by atoms with Gasteiger partial charge in [0.25, 0.3) is 0 Å². The highest BCUT2D eigenvalue weighted by molar-refractivity contribution is 5.93. The zero-order valence-electron chi connectivity index (χ0n) is 9.79. The lowest BCUT2D eigenvalue weighted by atomic mass is 9.85. The molecule has 1 aliphatic rings. The number of rotatable bonds is 2. The van der Waals surface area contributed by atoms with Gasteiger partial charge in [-0.05, 0) is 18.9 Å². The van der Waals surface area contributed by atoms with Gasteiger partial charge in [-0.15, -0.1) is 0 Å². The number of nitrogens with zero attached hydrogens (tertiary/aromatic N) is 2. The van der Waals surface area contributed by atoms with Crippen LogP contribution in [0.5, 0.6) is 0 Å². The Hall–Kier alpha value is -2.10. The van der Waals surface area contributed by atoms with E-state index in [2.05, 4.69) is 10.3 Å². The Morgan fingerprint density at radius 3 is 2.63 bits per heavy atom. The molecule has 0 aromatic carbocycles. The maximum absolute atomic E-state index is 12.7. The number of alkyl halides is 3. The summed E-state index contributed by atoms with van der Waals surface area (Å²) in [5.74, 6) is -0.434. The Morgan fingerprint density at radius 1 is 1.47 bits per heavy atom. The summed E-state index contributed by atoms with van der Waals surface area (Å²) in [5, 5.41) is 11.0. The first-order valence-electron chi connectivity index (χ1n) is 5.70. The van der Waals surface area contributed by atoms with Crippen molar-refractivity contribution < 1.29 is 18.0 Å². The third-order valence-electron chi connectivity index (χ3n) is 3.04. The zero-order valence-corrected chi connectivity index (χ0v) is 9.79. The van der Waals surface area contributed by atoms with Gasteiger partial charge >= 0.3 is 6.18 Å². The highest BCUT2D eigenvalue weighted by atomic mass is 19.4. The lowest BCUT2D eigenvalue weighted by Gasteiger charge is -2.24. The number of nitriles is 1. The molecule has 1 fully saturated rings. The number of halogens is 3. The summed E-state index contributed by atoms with van der Waals surface area (Å²) in [5.41, 5.74) is -1.88. The van der Waals surface area contributed by atoms with E-state index in [9.17, 15) is 18.0 Å². The highest BCUT2D eigenvalue weighted by Crippen LogP contribution is 2.33. The molecule has 1 aliphatic carbocycles. The summed E-state index contributed by atoms with van der Waals surface area (Å²) in [6, 6.07) is 2.12. The molecule has 1 aromatic rings. The van der Waals surface area contributed by atoms with Crippen LogP contribution in [0.3, 0.4) is 0 Å². The summed E-state index contributed by atoms with van der Waals surface area (Å²) in [6.07, 6.45) is -1.15. The van der Waals surface area contributed by atoms with Gasteiger partial charge in [-0.1, -0.05) is 6.42 Å². The van der Waals surface area contributed by atoms with Gasteiger partial charge < -0.3 is 5.32 Å². The van der Waals surface area contributed by atoms with Crippen molar-refractivity contribution in [1.82, 2.24) is 4.98 Å². The van der Waals surface area contributed by atoms with Crippen molar-refractivity contribution >= 4 is 11.6 Å². The molecule has 0 atom stereocenters. The first-order chi connectivity index (χ1) is 8.91. The molecule has 0 aliphatic heterocycles. The van der Waals surface area contributed by atoms with Crippen LogP contribution >= 0.6 is 0 Å². The molecule has 1 N–H and O–H groups in total. The van der Waals surface area contributed by atoms with Gasteiger partial charge in [-0.3, -0.25) is 4.79 Å². The van der Waals surface area contributed by atoms with Crippen molar-refractivity contribution in [2.75, 3.05) is 5.32 Å². The predicted octanol–water partition coefficient (Wildman–Crippen LogP) is 2.71. The second-order valence-corrected chi connectivity index (χ2v) is 4.35. The average molecular weight is 269 g/mol. The minimum atomic E-state index is -4.67. The van der Waals surface area contributed by atoms with Crippen LogP contribution in [0, 0.1) is 17.2 Å². The van der Waals surface area contributed by atoms with Gasteiger partial charge in [0.1, 0.15) is 6.07 Å². The first-order valence-corrected chi connectivity index (χ1v) is 5.70. The molecule has 0 spiro atoms. The third kappa shape index (κ3) is 2.84. The van der Waals surface area contributed by atoms with Crippen LogP contribution in [-0.4, -0.2) is 10.9 Å². The largest absolute Gasteiger partial charge is 0.419 e. The lowest BCUT2D eigenvalue weighted by Crippen LogP contribution is -2.28. The standard InChI is InChI=1S/C12H10F3N3O/c13-12(14,15)9-4-8(6-17-10(9)5-16)18-11(19)7-2-1-3-7/h4,6-7H,1-3H2,(H,18,19). The van der Waals surface area contributed by atoms with Crippen LogP contribution in [0.2, 0.25) is 0 Å². The van der Waals surface area contributed by atoms with E-state index in [-0.39, 0.29) is 17.5 Å². The molecule has 0 saturated heterocycles. The molecule has 0 bridgehead atoms. The average Bonchev–Trinajstić information content (AvgIpc) is 2.25. The minimum absolute atomic E-state index is 0.0387. The zero-order chi connectivity index (χ0) is 14.0. The topological polar surface area (TPSA) is 65.8 Å². The second kappa shape index (κ2) is 4.88. The van der Waals surface area contributed by atoms with Crippen molar-refractivity contribution in [1.29, 1.82) is 5.26 Å². The fourth-order valence-corrected chi connectivity index (χ4v) is 1.75. The van der Waals surface area contributed by atoms with Crippen molar-refractivity contribution in [3.8, 4) is 6.07 Å². The summed E-state index contributed by atoms with van der Waals surface area (Å²) in [4.78, 5) is 15.0. The Bertz CT molecular complexity index is 544. The molecule has 1 aromatic heterocycles. The summed E-state index contributed by atoms with van der Waals surface area (Å²) < 4.78 is 38.1. The van der Waals surface area contributed by atoms with E-state index in [1.54, 1.807) is 0 Å². The van der Waals surface area contributed by atoms with Crippen LogP contribution < -0.4 is 5.32 Å². The van der Waals surface area contributed by atoms with Crippen LogP contribution in [0.4, 0.5) is 18.9 Å². The molecule has 0 unspecified atom stereocenters. The lowest BCUT2D eigenvalue weighted by molar-refractivity contribution is -0.138. The maximum atomic E-state index is 12.7. The molecular formula is C12H10F3N3O. The monoisotopic (exact) mass is 269 g/mol. The molecule has 0 radical (unpaired) electrons. The Morgan fingerprint density at radius 2 is 2.16 bits per heavy atom. The maximum Gasteiger partial charge on any atom is 0.419 e. The van der Waals surface area contributed by atoms with Gasteiger partial charge in [0, 0.05) is 5.92 Å². The van der Waals surface area contributed by atoms with E-state index < -0.39 is 17.4 Å². The number of anilines is 1. The van der Waals surface area contributed by atoms with E-state index in [1.165, 1.54) is 6.07 Å². The van der Waals surface area contributed by atoms with Crippen molar-refractivity contribution in [3.63, 3.8) is 0 Å². The summed E-state index contributed by atoms with van der Waals surface area (Å²) in [6.45, 7) is 0. The van der Waals surface area contributed by atoms with Crippen molar-refractivity contribution in [2.24, 2.45) is 5.92 Å². The van der Waals surface area contributed by atoms with Gasteiger partial charge in [0.05, 0.1) is 17.4 Å². The molecule has 4 nitrogen and oxygen atoms in total. The number of aromatic nitrogens is 1. The number of hydrogen-bond donors (Lipinski definition) is 1. The van der Waals surface area contributed by atoms with E-state index in [4.69, 9.17) is 5.26 Å². The number of carbonyl (C=O) groups excluding carboxylic acids is 1. The molecule has 1 saturated carbocycles. The molecule has 7 heteroatoms. The normalized spacial score (nSPS) is 15.5. The van der Waals surface area contributed by atoms with Gasteiger partial charge in [0.2, 0.25) is 5.91 Å². The molecule has 1 heterocycles. The Balaban J connectivity index is 2.23. The van der Waals surface area contributed by atoms with E-state index in [1.807, 2.05) is 0 Å². The van der Waals surface area contributed by atoms with Crippen molar-refractivity contribution in [3.05, 3.63) is 23.5 Å². The molecule has 19 heavy (non-hydrogen) atoms. The highest BCUT2D eigenvalue weighted by Gasteiger charge is 2.35. The third-order valence-corrected chi connectivity index (χ3v) is 3.04. The smallest absolute Gasteiger partial charge is 0.324 e. The number of amides is 1. The Kier molecular flexibility index (Phi) is 3.42. The van der Waals surface area contributed by atoms with Crippen LogP contribution in [0.15, 0.2) is 12.3 Å². The summed E-state index contributed by atoms with van der Waals surface area (Å²) in [7, 11) is 0. The Labute approximate surface area is 107 Å². The molecular weight excluding hydrogens is 259 g/mol. The van der Waals surface area contributed by atoms with Gasteiger partial charge in [0.15, 0.2) is 5.69 Å². The number of nitrogens with one attached hydrogen (secondary N) is 1. The number of hydrogen-bond acceptors (Lipinski definition) is 3. The van der Waals surface area contributed by atoms with E-state index in [0.717, 1.165) is 31.5 Å². The molecule has 100 valence electrons. The van der Waals surface area contributed by atoms with E-state index >= 15 is 0 Å². The quantitative estimate of drug-likeness (QED) is 0.897. The number of carbonyl (C=O) groups is 1. The van der Waals surface area contributed by atoms with E-state index in [0.29, 0.717) is 0 Å². The number of pyridine rings is 1. The second-order valence-electron chi connectivity index (χ2n) is 4.35. The first kappa shape index (κ1) is 13.3. The summed E-state index contributed by atoms with van der Waals surface area (Å²) >= 11 is 0. The predicted molar refractivity (Wildman–Crippen MR) is 59.9 cm³/mol. The minimum Gasteiger partial charge on any atom is -0.324 e. The van der Waals surface area contributed by atoms with Gasteiger partial charge in [-0.25, -0.2) is 4.98 Å². The van der Waals surface area contributed by atoms with Crippen LogP contribution in [-0.2, 0) is 11.0 Å². The van der Waals surface area contributed by atoms with Crippen molar-refractivity contribution in [2.45, 2.75) is 25.4 Å². The van der Waals surface area contributed by atoms with Crippen LogP contribution in [0.1, 0.15) is 30.5 Å². The fourth-order valence-electron chi connectivity index (χ4n) is 1.75. The van der Waals surface area contributed by atoms with Crippen LogP contribution in [0.25, 0.3) is 0 Å². The molecule has 2 rings (SSSR count). The molecule has 1 amide bonds. The fraction of sp³-hybridized carbons (Fsp3) is 0.417.